The maximum Gasteiger partial charge on any atom is 0.262 e. The molecule has 1 atom stereocenters. The van der Waals surface area contributed by atoms with E-state index in [0.717, 1.165) is 12.0 Å². The molecule has 0 aliphatic carbocycles. The van der Waals surface area contributed by atoms with Crippen molar-refractivity contribution in [2.24, 2.45) is 0 Å². The second kappa shape index (κ2) is 6.91. The molecule has 2 aromatic carbocycles. The number of rotatable bonds is 5. The fraction of sp³-hybridized carbons (Fsp3) is 0.250. The van der Waals surface area contributed by atoms with Gasteiger partial charge in [-0.05, 0) is 30.0 Å². The largest absolute Gasteiger partial charge is 0.503 e. The third-order valence-electron chi connectivity index (χ3n) is 3.85. The number of hydrogen-bond donors (Lipinski definition) is 2. The summed E-state index contributed by atoms with van der Waals surface area (Å²) < 4.78 is 79.9. The molecule has 0 aromatic heterocycles. The standard InChI is InChI=1S/C16H15F4NO3S/c1-3-8(2)9-4-6-10(7-5-9)25(23,24)21-15-11(17)13(19)16(22)14(20)12(15)18/h4-8,21-22H,3H2,1-2H3. The van der Waals surface area contributed by atoms with Crippen molar-refractivity contribution in [1.29, 1.82) is 0 Å². The van der Waals surface area contributed by atoms with Gasteiger partial charge in [0.25, 0.3) is 10.0 Å². The summed E-state index contributed by atoms with van der Waals surface area (Å²) in [5.74, 6) is -9.96. The van der Waals surface area contributed by atoms with Crippen molar-refractivity contribution in [3.63, 3.8) is 0 Å². The van der Waals surface area contributed by atoms with Crippen molar-refractivity contribution in [3.05, 3.63) is 53.1 Å². The predicted octanol–water partition coefficient (Wildman–Crippen LogP) is 4.26. The molecule has 0 aliphatic rings. The number of anilines is 1. The normalized spacial score (nSPS) is 12.9. The van der Waals surface area contributed by atoms with Crippen LogP contribution in [0.15, 0.2) is 29.2 Å². The van der Waals surface area contributed by atoms with Gasteiger partial charge in [0.15, 0.2) is 17.4 Å². The molecule has 4 nitrogen and oxygen atoms in total. The van der Waals surface area contributed by atoms with E-state index in [1.165, 1.54) is 29.0 Å². The van der Waals surface area contributed by atoms with Gasteiger partial charge in [0, 0.05) is 0 Å². The lowest BCUT2D eigenvalue weighted by molar-refractivity contribution is 0.359. The zero-order chi connectivity index (χ0) is 18.9. The number of nitrogens with one attached hydrogen (secondary N) is 1. The highest BCUT2D eigenvalue weighted by atomic mass is 32.2. The van der Waals surface area contributed by atoms with E-state index in [1.54, 1.807) is 0 Å². The van der Waals surface area contributed by atoms with Crippen molar-refractivity contribution < 1.29 is 31.1 Å². The Hall–Kier alpha value is -2.29. The van der Waals surface area contributed by atoms with Crippen LogP contribution >= 0.6 is 0 Å². The minimum absolute atomic E-state index is 0.180. The van der Waals surface area contributed by atoms with E-state index in [4.69, 9.17) is 5.11 Å². The Bertz CT molecular complexity index is 870. The number of aromatic hydroxyl groups is 1. The highest BCUT2D eigenvalue weighted by Crippen LogP contribution is 2.33. The summed E-state index contributed by atoms with van der Waals surface area (Å²) >= 11 is 0. The minimum Gasteiger partial charge on any atom is -0.503 e. The Morgan fingerprint density at radius 1 is 1.00 bits per heavy atom. The van der Waals surface area contributed by atoms with Crippen LogP contribution in [0.2, 0.25) is 0 Å². The lowest BCUT2D eigenvalue weighted by Crippen LogP contribution is -2.16. The smallest absolute Gasteiger partial charge is 0.262 e. The molecule has 9 heteroatoms. The Balaban J connectivity index is 2.43. The van der Waals surface area contributed by atoms with Gasteiger partial charge in [-0.15, -0.1) is 0 Å². The molecular weight excluding hydrogens is 362 g/mol. The van der Waals surface area contributed by atoms with E-state index in [9.17, 15) is 26.0 Å². The van der Waals surface area contributed by atoms with Gasteiger partial charge >= 0.3 is 0 Å². The quantitative estimate of drug-likeness (QED) is 0.465. The number of halogens is 4. The highest BCUT2D eigenvalue weighted by Gasteiger charge is 2.28. The second-order valence-electron chi connectivity index (χ2n) is 5.46. The molecule has 0 bridgehead atoms. The molecule has 2 aromatic rings. The zero-order valence-electron chi connectivity index (χ0n) is 13.3. The van der Waals surface area contributed by atoms with Crippen LogP contribution in [0, 0.1) is 23.3 Å². The number of phenolic OH excluding ortho intramolecular Hbond substituents is 1. The molecule has 1 unspecified atom stereocenters. The summed E-state index contributed by atoms with van der Waals surface area (Å²) in [6.45, 7) is 3.89. The SMILES string of the molecule is CCC(C)c1ccc(S(=O)(=O)Nc2c(F)c(F)c(O)c(F)c2F)cc1. The summed E-state index contributed by atoms with van der Waals surface area (Å²) in [6, 6.07) is 5.50. The molecule has 25 heavy (non-hydrogen) atoms. The van der Waals surface area contributed by atoms with Crippen LogP contribution in [0.4, 0.5) is 23.2 Å². The van der Waals surface area contributed by atoms with Crippen LogP contribution in [-0.4, -0.2) is 13.5 Å². The second-order valence-corrected chi connectivity index (χ2v) is 7.15. The highest BCUT2D eigenvalue weighted by molar-refractivity contribution is 7.92. The lowest BCUT2D eigenvalue weighted by atomic mass is 9.99. The third-order valence-corrected chi connectivity index (χ3v) is 5.21. The average molecular weight is 377 g/mol. The van der Waals surface area contributed by atoms with Gasteiger partial charge in [-0.25, -0.2) is 17.2 Å². The van der Waals surface area contributed by atoms with E-state index < -0.39 is 44.7 Å². The summed E-state index contributed by atoms with van der Waals surface area (Å²) in [5, 5.41) is 8.91. The number of benzene rings is 2. The maximum absolute atomic E-state index is 13.7. The first-order valence-corrected chi connectivity index (χ1v) is 8.76. The Morgan fingerprint density at radius 2 is 1.48 bits per heavy atom. The number of sulfonamides is 1. The van der Waals surface area contributed by atoms with Gasteiger partial charge in [-0.1, -0.05) is 26.0 Å². The van der Waals surface area contributed by atoms with Gasteiger partial charge in [-0.2, -0.15) is 8.78 Å². The average Bonchev–Trinajstić information content (AvgIpc) is 2.61. The zero-order valence-corrected chi connectivity index (χ0v) is 14.1. The lowest BCUT2D eigenvalue weighted by Gasteiger charge is -2.13. The van der Waals surface area contributed by atoms with E-state index >= 15 is 0 Å². The molecule has 0 fully saturated rings. The molecule has 2 N–H and O–H groups in total. The van der Waals surface area contributed by atoms with Gasteiger partial charge in [0.2, 0.25) is 11.6 Å². The molecule has 136 valence electrons. The first-order valence-electron chi connectivity index (χ1n) is 7.27. The van der Waals surface area contributed by atoms with Gasteiger partial charge < -0.3 is 5.11 Å². The van der Waals surface area contributed by atoms with Crippen LogP contribution in [-0.2, 0) is 10.0 Å². The van der Waals surface area contributed by atoms with Crippen LogP contribution in [0.1, 0.15) is 31.7 Å². The van der Waals surface area contributed by atoms with E-state index in [2.05, 4.69) is 0 Å². The monoisotopic (exact) mass is 377 g/mol. The molecule has 0 radical (unpaired) electrons. The summed E-state index contributed by atoms with van der Waals surface area (Å²) in [6.07, 6.45) is 0.826. The van der Waals surface area contributed by atoms with Crippen LogP contribution in [0.5, 0.6) is 5.75 Å². The van der Waals surface area contributed by atoms with Crippen LogP contribution in [0.25, 0.3) is 0 Å². The Kier molecular flexibility index (Phi) is 5.26. The molecule has 0 spiro atoms. The van der Waals surface area contributed by atoms with E-state index in [0.29, 0.717) is 0 Å². The van der Waals surface area contributed by atoms with Gasteiger partial charge in [0.1, 0.15) is 5.69 Å². The number of hydrogen-bond acceptors (Lipinski definition) is 3. The summed E-state index contributed by atoms with van der Waals surface area (Å²) in [7, 11) is -4.50. The Morgan fingerprint density at radius 3 is 1.92 bits per heavy atom. The van der Waals surface area contributed by atoms with Crippen molar-refractivity contribution in [2.75, 3.05) is 4.72 Å². The van der Waals surface area contributed by atoms with Crippen molar-refractivity contribution >= 4 is 15.7 Å². The summed E-state index contributed by atoms with van der Waals surface area (Å²) in [5.41, 5.74) is -0.681. The van der Waals surface area contributed by atoms with Crippen molar-refractivity contribution in [1.82, 2.24) is 0 Å². The third kappa shape index (κ3) is 3.55. The topological polar surface area (TPSA) is 66.4 Å². The fourth-order valence-electron chi connectivity index (χ4n) is 2.11. The molecule has 0 saturated carbocycles. The van der Waals surface area contributed by atoms with Crippen LogP contribution in [0.3, 0.4) is 0 Å². The first-order chi connectivity index (χ1) is 11.6. The molecule has 0 saturated heterocycles. The van der Waals surface area contributed by atoms with Crippen molar-refractivity contribution in [2.45, 2.75) is 31.1 Å². The van der Waals surface area contributed by atoms with Gasteiger partial charge in [0.05, 0.1) is 4.90 Å². The van der Waals surface area contributed by atoms with Gasteiger partial charge in [-0.3, -0.25) is 4.72 Å². The Labute approximate surface area is 142 Å². The fourth-order valence-corrected chi connectivity index (χ4v) is 3.17. The van der Waals surface area contributed by atoms with E-state index in [-0.39, 0.29) is 10.8 Å². The summed E-state index contributed by atoms with van der Waals surface area (Å²) in [4.78, 5) is -0.341. The molecular formula is C16H15F4NO3S. The first kappa shape index (κ1) is 19.0. The van der Waals surface area contributed by atoms with E-state index in [1.807, 2.05) is 13.8 Å². The maximum atomic E-state index is 13.7. The molecule has 2 rings (SSSR count). The predicted molar refractivity (Wildman–Crippen MR) is 83.9 cm³/mol. The number of phenols is 1. The van der Waals surface area contributed by atoms with Crippen LogP contribution < -0.4 is 4.72 Å². The van der Waals surface area contributed by atoms with Crippen molar-refractivity contribution in [3.8, 4) is 5.75 Å². The molecule has 0 amide bonds. The molecule has 0 heterocycles. The molecule has 0 aliphatic heterocycles. The minimum atomic E-state index is -4.50.